The van der Waals surface area contributed by atoms with Crippen molar-refractivity contribution in [3.8, 4) is 10.7 Å². The van der Waals surface area contributed by atoms with E-state index in [0.717, 1.165) is 16.8 Å². The van der Waals surface area contributed by atoms with Crippen LogP contribution in [-0.2, 0) is 14.8 Å². The molecule has 1 aliphatic rings. The summed E-state index contributed by atoms with van der Waals surface area (Å²) in [5, 5.41) is 6.83. The van der Waals surface area contributed by atoms with Crippen molar-refractivity contribution in [1.29, 1.82) is 0 Å². The fourth-order valence-corrected chi connectivity index (χ4v) is 6.82. The van der Waals surface area contributed by atoms with E-state index in [2.05, 4.69) is 15.5 Å². The van der Waals surface area contributed by atoms with Crippen LogP contribution < -0.4 is 5.32 Å². The van der Waals surface area contributed by atoms with E-state index in [9.17, 15) is 13.2 Å². The zero-order chi connectivity index (χ0) is 23.0. The van der Waals surface area contributed by atoms with Crippen LogP contribution in [0.15, 0.2) is 33.7 Å². The van der Waals surface area contributed by atoms with Crippen molar-refractivity contribution in [2.45, 2.75) is 45.4 Å². The Labute approximate surface area is 191 Å². The molecule has 1 saturated heterocycles. The van der Waals surface area contributed by atoms with Gasteiger partial charge in [0.25, 0.3) is 0 Å². The molecule has 32 heavy (non-hydrogen) atoms. The predicted molar refractivity (Wildman–Crippen MR) is 123 cm³/mol. The number of hydrogen-bond acceptors (Lipinski definition) is 7. The SMILES string of the molecule is Cc1nc(-c2cc(S(=O)(=O)N3CCC[C@H](C(=O)Nc4ccc(C)c(C)c4)C3)c(C)s2)no1. The van der Waals surface area contributed by atoms with Gasteiger partial charge in [0.05, 0.1) is 15.7 Å². The van der Waals surface area contributed by atoms with E-state index < -0.39 is 15.9 Å². The van der Waals surface area contributed by atoms with Gasteiger partial charge in [-0.2, -0.15) is 9.29 Å². The molecule has 0 aliphatic carbocycles. The molecule has 3 heterocycles. The monoisotopic (exact) mass is 474 g/mol. The number of hydrogen-bond donors (Lipinski definition) is 1. The Kier molecular flexibility index (Phi) is 6.19. The summed E-state index contributed by atoms with van der Waals surface area (Å²) in [4.78, 5) is 18.6. The highest BCUT2D eigenvalue weighted by Gasteiger charge is 2.35. The molecule has 1 N–H and O–H groups in total. The van der Waals surface area contributed by atoms with Gasteiger partial charge in [-0.15, -0.1) is 11.3 Å². The standard InChI is InChI=1S/C22H26N4O4S2/c1-13-7-8-18(10-14(13)2)24-22(27)17-6-5-9-26(12-17)32(28,29)20-11-19(31-15(20)3)21-23-16(4)30-25-21/h7-8,10-11,17H,5-6,9,12H2,1-4H3,(H,24,27)/t17-/m0/s1. The van der Waals surface area contributed by atoms with Crippen LogP contribution in [0.2, 0.25) is 0 Å². The third-order valence-electron chi connectivity index (χ3n) is 5.77. The minimum absolute atomic E-state index is 0.154. The Bertz CT molecular complexity index is 1260. The van der Waals surface area contributed by atoms with Gasteiger partial charge in [0, 0.05) is 30.6 Å². The molecule has 4 rings (SSSR count). The van der Waals surface area contributed by atoms with Gasteiger partial charge in [0.2, 0.25) is 27.6 Å². The predicted octanol–water partition coefficient (Wildman–Crippen LogP) is 4.07. The number of carbonyl (C=O) groups excluding carboxylic acids is 1. The molecular weight excluding hydrogens is 448 g/mol. The van der Waals surface area contributed by atoms with Crippen molar-refractivity contribution < 1.29 is 17.7 Å². The topological polar surface area (TPSA) is 105 Å². The van der Waals surface area contributed by atoms with E-state index in [-0.39, 0.29) is 17.3 Å². The largest absolute Gasteiger partial charge is 0.339 e. The number of nitrogens with zero attached hydrogens (tertiary/aromatic N) is 3. The average molecular weight is 475 g/mol. The molecular formula is C22H26N4O4S2. The van der Waals surface area contributed by atoms with Gasteiger partial charge < -0.3 is 9.84 Å². The van der Waals surface area contributed by atoms with Gasteiger partial charge >= 0.3 is 0 Å². The van der Waals surface area contributed by atoms with Crippen LogP contribution in [0, 0.1) is 33.6 Å². The Morgan fingerprint density at radius 1 is 1.19 bits per heavy atom. The zero-order valence-corrected chi connectivity index (χ0v) is 20.1. The molecule has 1 aromatic carbocycles. The minimum atomic E-state index is -3.75. The lowest BCUT2D eigenvalue weighted by Crippen LogP contribution is -2.43. The van der Waals surface area contributed by atoms with Crippen LogP contribution in [-0.4, -0.2) is 41.9 Å². The fourth-order valence-electron chi connectivity index (χ4n) is 3.81. The smallest absolute Gasteiger partial charge is 0.244 e. The maximum Gasteiger partial charge on any atom is 0.244 e. The molecule has 1 atom stereocenters. The molecule has 3 aromatic rings. The molecule has 0 unspecified atom stereocenters. The average Bonchev–Trinajstić information content (AvgIpc) is 3.36. The maximum absolute atomic E-state index is 13.4. The van der Waals surface area contributed by atoms with E-state index in [0.29, 0.717) is 40.9 Å². The first-order valence-corrected chi connectivity index (χ1v) is 12.7. The van der Waals surface area contributed by atoms with Gasteiger partial charge in [0.15, 0.2) is 0 Å². The second-order valence-electron chi connectivity index (χ2n) is 8.16. The first kappa shape index (κ1) is 22.6. The highest BCUT2D eigenvalue weighted by atomic mass is 32.2. The summed E-state index contributed by atoms with van der Waals surface area (Å²) in [6.07, 6.45) is 1.28. The molecule has 10 heteroatoms. The van der Waals surface area contributed by atoms with E-state index in [1.807, 2.05) is 32.0 Å². The lowest BCUT2D eigenvalue weighted by molar-refractivity contribution is -0.120. The van der Waals surface area contributed by atoms with E-state index in [1.54, 1.807) is 19.9 Å². The Morgan fingerprint density at radius 3 is 2.66 bits per heavy atom. The van der Waals surface area contributed by atoms with E-state index in [4.69, 9.17) is 4.52 Å². The van der Waals surface area contributed by atoms with Gasteiger partial charge in [0.1, 0.15) is 0 Å². The summed E-state index contributed by atoms with van der Waals surface area (Å²) in [5.74, 6) is 0.238. The number of piperidine rings is 1. The number of rotatable bonds is 5. The normalized spacial score (nSPS) is 17.4. The second-order valence-corrected chi connectivity index (χ2v) is 11.3. The van der Waals surface area contributed by atoms with Crippen molar-refractivity contribution >= 4 is 33.0 Å². The number of aryl methyl sites for hydroxylation is 4. The highest BCUT2D eigenvalue weighted by Crippen LogP contribution is 2.35. The number of sulfonamides is 1. The number of anilines is 1. The first-order valence-electron chi connectivity index (χ1n) is 10.4. The van der Waals surface area contributed by atoms with E-state index >= 15 is 0 Å². The molecule has 1 amide bonds. The Morgan fingerprint density at radius 2 is 1.97 bits per heavy atom. The van der Waals surface area contributed by atoms with Crippen LogP contribution in [0.25, 0.3) is 10.7 Å². The molecule has 0 spiro atoms. The second kappa shape index (κ2) is 8.76. The number of amides is 1. The summed E-state index contributed by atoms with van der Waals surface area (Å²) in [6, 6.07) is 7.36. The van der Waals surface area contributed by atoms with Crippen LogP contribution in [0.5, 0.6) is 0 Å². The quantitative estimate of drug-likeness (QED) is 0.598. The van der Waals surface area contributed by atoms with Gasteiger partial charge in [-0.25, -0.2) is 8.42 Å². The van der Waals surface area contributed by atoms with Crippen LogP contribution in [0.4, 0.5) is 5.69 Å². The Balaban J connectivity index is 1.51. The summed E-state index contributed by atoms with van der Waals surface area (Å²) in [7, 11) is -3.75. The maximum atomic E-state index is 13.4. The third kappa shape index (κ3) is 4.48. The Hall–Kier alpha value is -2.56. The molecule has 1 fully saturated rings. The van der Waals surface area contributed by atoms with Crippen LogP contribution in [0.1, 0.15) is 34.7 Å². The summed E-state index contributed by atoms with van der Waals surface area (Å²) >= 11 is 1.31. The lowest BCUT2D eigenvalue weighted by Gasteiger charge is -2.31. The van der Waals surface area contributed by atoms with Gasteiger partial charge in [-0.05, 0) is 62.9 Å². The summed E-state index contributed by atoms with van der Waals surface area (Å²) in [5.41, 5.74) is 2.97. The van der Waals surface area contributed by atoms with Crippen molar-refractivity contribution in [2.75, 3.05) is 18.4 Å². The molecule has 170 valence electrons. The molecule has 8 nitrogen and oxygen atoms in total. The molecule has 0 bridgehead atoms. The molecule has 0 radical (unpaired) electrons. The van der Waals surface area contributed by atoms with Crippen molar-refractivity contribution in [1.82, 2.24) is 14.4 Å². The molecule has 0 saturated carbocycles. The van der Waals surface area contributed by atoms with E-state index in [1.165, 1.54) is 15.6 Å². The third-order valence-corrected chi connectivity index (χ3v) is 8.93. The van der Waals surface area contributed by atoms with Crippen LogP contribution in [0.3, 0.4) is 0 Å². The van der Waals surface area contributed by atoms with Crippen molar-refractivity contribution in [3.63, 3.8) is 0 Å². The number of nitrogens with one attached hydrogen (secondary N) is 1. The number of thiophene rings is 1. The lowest BCUT2D eigenvalue weighted by atomic mass is 9.98. The minimum Gasteiger partial charge on any atom is -0.339 e. The number of carbonyl (C=O) groups is 1. The summed E-state index contributed by atoms with van der Waals surface area (Å²) < 4.78 is 33.2. The van der Waals surface area contributed by atoms with Gasteiger partial charge in [-0.1, -0.05) is 11.2 Å². The highest BCUT2D eigenvalue weighted by molar-refractivity contribution is 7.89. The zero-order valence-electron chi connectivity index (χ0n) is 18.5. The van der Waals surface area contributed by atoms with Crippen LogP contribution >= 0.6 is 11.3 Å². The first-order chi connectivity index (χ1) is 15.1. The van der Waals surface area contributed by atoms with Gasteiger partial charge in [-0.3, -0.25) is 4.79 Å². The fraction of sp³-hybridized carbons (Fsp3) is 0.409. The molecule has 2 aromatic heterocycles. The summed E-state index contributed by atoms with van der Waals surface area (Å²) in [6.45, 7) is 8.01. The number of benzene rings is 1. The molecule has 1 aliphatic heterocycles. The van der Waals surface area contributed by atoms with Crippen molar-refractivity contribution in [3.05, 3.63) is 46.2 Å². The van der Waals surface area contributed by atoms with Crippen molar-refractivity contribution in [2.24, 2.45) is 5.92 Å². The number of aromatic nitrogens is 2.